The van der Waals surface area contributed by atoms with Crippen LogP contribution < -0.4 is 0 Å². The first-order valence-electron chi connectivity index (χ1n) is 9.06. The average Bonchev–Trinajstić information content (AvgIpc) is 3.25. The number of ether oxygens (including phenoxy) is 2. The maximum Gasteiger partial charge on any atom is 0.414 e. The highest BCUT2D eigenvalue weighted by Crippen LogP contribution is 2.43. The molecule has 0 saturated heterocycles. The third-order valence-corrected chi connectivity index (χ3v) is 4.48. The number of nitrogens with zero attached hydrogens (tertiary/aromatic N) is 1. The van der Waals surface area contributed by atoms with E-state index in [0.717, 1.165) is 0 Å². The molecule has 0 aromatic carbocycles. The summed E-state index contributed by atoms with van der Waals surface area (Å²) in [5.74, 6) is -2.45. The molecule has 0 spiro atoms. The van der Waals surface area contributed by atoms with Gasteiger partial charge in [-0.3, -0.25) is 14.5 Å². The number of furan rings is 1. The lowest BCUT2D eigenvalue weighted by Gasteiger charge is -2.29. The second-order valence-electron chi connectivity index (χ2n) is 7.75. The fourth-order valence-corrected chi connectivity index (χ4v) is 3.21. The van der Waals surface area contributed by atoms with Crippen LogP contribution in [-0.2, 0) is 14.3 Å². The summed E-state index contributed by atoms with van der Waals surface area (Å²) in [4.78, 5) is 37.4. The van der Waals surface area contributed by atoms with Gasteiger partial charge < -0.3 is 13.9 Å². The molecule has 154 valence electrons. The van der Waals surface area contributed by atoms with Crippen LogP contribution in [0, 0.1) is 5.92 Å². The Balaban J connectivity index is 1.91. The summed E-state index contributed by atoms with van der Waals surface area (Å²) in [5, 5.41) is 0. The fourth-order valence-electron chi connectivity index (χ4n) is 3.21. The van der Waals surface area contributed by atoms with Gasteiger partial charge in [0, 0.05) is 11.8 Å². The Morgan fingerprint density at radius 3 is 2.66 bits per heavy atom. The SMILES string of the molecule is COC(=O)CC(=O)c1cc(C2=CN(C(=O)OC(C)(C)C)C3C=CC=C(F)C23)co1. The van der Waals surface area contributed by atoms with E-state index >= 15 is 0 Å². The number of carbonyl (C=O) groups excluding carboxylic acids is 3. The highest BCUT2D eigenvalue weighted by molar-refractivity contribution is 6.04. The lowest BCUT2D eigenvalue weighted by molar-refractivity contribution is -0.139. The van der Waals surface area contributed by atoms with Crippen LogP contribution in [0.2, 0.25) is 0 Å². The molecule has 1 aromatic rings. The smallest absolute Gasteiger partial charge is 0.414 e. The van der Waals surface area contributed by atoms with E-state index in [0.29, 0.717) is 11.1 Å². The Kier molecular flexibility index (Phi) is 5.46. The highest BCUT2D eigenvalue weighted by atomic mass is 19.1. The van der Waals surface area contributed by atoms with E-state index in [1.54, 1.807) is 32.9 Å². The van der Waals surface area contributed by atoms with Gasteiger partial charge in [-0.15, -0.1) is 0 Å². The molecule has 7 nitrogen and oxygen atoms in total. The van der Waals surface area contributed by atoms with Crippen molar-refractivity contribution in [3.8, 4) is 0 Å². The summed E-state index contributed by atoms with van der Waals surface area (Å²) in [5.41, 5.74) is 0.205. The van der Waals surface area contributed by atoms with Gasteiger partial charge >= 0.3 is 12.1 Å². The monoisotopic (exact) mass is 403 g/mol. The number of halogens is 1. The quantitative estimate of drug-likeness (QED) is 0.429. The maximum atomic E-state index is 14.7. The number of carbonyl (C=O) groups is 3. The summed E-state index contributed by atoms with van der Waals surface area (Å²) >= 11 is 0. The first-order valence-corrected chi connectivity index (χ1v) is 9.06. The number of fused-ring (bicyclic) bond motifs is 1. The van der Waals surface area contributed by atoms with Crippen molar-refractivity contribution >= 4 is 23.4 Å². The number of amides is 1. The van der Waals surface area contributed by atoms with Gasteiger partial charge in [-0.2, -0.15) is 0 Å². The van der Waals surface area contributed by atoms with E-state index in [1.165, 1.54) is 36.6 Å². The van der Waals surface area contributed by atoms with Gasteiger partial charge in [-0.05, 0) is 38.5 Å². The Labute approximate surface area is 167 Å². The molecule has 1 aromatic heterocycles. The van der Waals surface area contributed by atoms with Crippen LogP contribution in [0.15, 0.2) is 47.0 Å². The largest absolute Gasteiger partial charge is 0.469 e. The van der Waals surface area contributed by atoms with Crippen LogP contribution in [-0.4, -0.2) is 41.5 Å². The second kappa shape index (κ2) is 7.69. The van der Waals surface area contributed by atoms with Gasteiger partial charge in [0.05, 0.1) is 25.3 Å². The molecule has 1 amide bonds. The van der Waals surface area contributed by atoms with Crippen molar-refractivity contribution in [1.82, 2.24) is 4.90 Å². The molecule has 0 saturated carbocycles. The standard InChI is InChI=1S/C21H22FNO6/c1-21(2,3)29-20(26)23-10-13(19-14(22)6-5-7-15(19)23)12-8-17(28-11-12)16(24)9-18(25)27-4/h5-8,10-11,15,19H,9H2,1-4H3. The van der Waals surface area contributed by atoms with Crippen LogP contribution in [0.3, 0.4) is 0 Å². The zero-order chi connectivity index (χ0) is 21.3. The molecule has 2 heterocycles. The second-order valence-corrected chi connectivity index (χ2v) is 7.75. The Morgan fingerprint density at radius 1 is 1.28 bits per heavy atom. The summed E-state index contributed by atoms with van der Waals surface area (Å²) in [6.07, 6.45) is 6.33. The number of Topliss-reactive ketones (excluding diaryl/α,β-unsaturated/α-hetero) is 1. The first kappa shape index (κ1) is 20.6. The molecule has 2 unspecified atom stereocenters. The molecular formula is C21H22FNO6. The Hall–Kier alpha value is -3.16. The molecule has 0 bridgehead atoms. The molecule has 1 aliphatic heterocycles. The zero-order valence-electron chi connectivity index (χ0n) is 16.6. The number of rotatable bonds is 4. The molecule has 2 atom stereocenters. The number of hydrogen-bond acceptors (Lipinski definition) is 6. The van der Waals surface area contributed by atoms with Crippen LogP contribution in [0.4, 0.5) is 9.18 Å². The van der Waals surface area contributed by atoms with E-state index in [2.05, 4.69) is 4.74 Å². The minimum absolute atomic E-state index is 0.0469. The predicted molar refractivity (Wildman–Crippen MR) is 101 cm³/mol. The zero-order valence-corrected chi connectivity index (χ0v) is 16.6. The van der Waals surface area contributed by atoms with Gasteiger partial charge in [-0.1, -0.05) is 12.2 Å². The number of hydrogen-bond donors (Lipinski definition) is 0. The molecule has 0 fully saturated rings. The van der Waals surface area contributed by atoms with Crippen LogP contribution in [0.25, 0.3) is 5.57 Å². The van der Waals surface area contributed by atoms with Crippen molar-refractivity contribution in [3.63, 3.8) is 0 Å². The molecule has 0 N–H and O–H groups in total. The number of esters is 1. The predicted octanol–water partition coefficient (Wildman–Crippen LogP) is 4.03. The van der Waals surface area contributed by atoms with Crippen molar-refractivity contribution < 1.29 is 32.7 Å². The molecule has 0 radical (unpaired) electrons. The van der Waals surface area contributed by atoms with Crippen LogP contribution in [0.1, 0.15) is 43.3 Å². The minimum Gasteiger partial charge on any atom is -0.469 e. The van der Waals surface area contributed by atoms with Crippen molar-refractivity contribution in [2.75, 3.05) is 7.11 Å². The normalized spacial score (nSPS) is 20.7. The Morgan fingerprint density at radius 2 is 2.00 bits per heavy atom. The lowest BCUT2D eigenvalue weighted by atomic mass is 9.87. The van der Waals surface area contributed by atoms with Crippen molar-refractivity contribution in [3.05, 3.63) is 53.9 Å². The van der Waals surface area contributed by atoms with Crippen molar-refractivity contribution in [1.29, 1.82) is 0 Å². The third kappa shape index (κ3) is 4.31. The van der Waals surface area contributed by atoms with Gasteiger partial charge in [0.25, 0.3) is 0 Å². The lowest BCUT2D eigenvalue weighted by Crippen LogP contribution is -2.40. The number of methoxy groups -OCH3 is 1. The van der Waals surface area contributed by atoms with E-state index in [4.69, 9.17) is 9.15 Å². The molecule has 29 heavy (non-hydrogen) atoms. The molecule has 1 aliphatic carbocycles. The summed E-state index contributed by atoms with van der Waals surface area (Å²) in [7, 11) is 1.18. The van der Waals surface area contributed by atoms with Crippen LogP contribution >= 0.6 is 0 Å². The first-order chi connectivity index (χ1) is 13.6. The van der Waals surface area contributed by atoms with Gasteiger partial charge in [-0.25, -0.2) is 9.18 Å². The van der Waals surface area contributed by atoms with E-state index < -0.39 is 47.7 Å². The fraction of sp³-hybridized carbons (Fsp3) is 0.381. The van der Waals surface area contributed by atoms with E-state index in [1.807, 2.05) is 0 Å². The molecule has 2 aliphatic rings. The Bertz CT molecular complexity index is 933. The molecule has 8 heteroatoms. The number of ketones is 1. The van der Waals surface area contributed by atoms with E-state index in [9.17, 15) is 18.8 Å². The topological polar surface area (TPSA) is 86.1 Å². The van der Waals surface area contributed by atoms with Gasteiger partial charge in [0.1, 0.15) is 17.8 Å². The maximum absolute atomic E-state index is 14.7. The highest BCUT2D eigenvalue weighted by Gasteiger charge is 2.43. The summed E-state index contributed by atoms with van der Waals surface area (Å²) in [6, 6.07) is 0.840. The van der Waals surface area contributed by atoms with E-state index in [-0.39, 0.29) is 5.76 Å². The molecular weight excluding hydrogens is 381 g/mol. The molecule has 3 rings (SSSR count). The van der Waals surface area contributed by atoms with Gasteiger partial charge in [0.2, 0.25) is 5.78 Å². The van der Waals surface area contributed by atoms with Crippen molar-refractivity contribution in [2.45, 2.75) is 38.8 Å². The van der Waals surface area contributed by atoms with Gasteiger partial charge in [0.15, 0.2) is 5.76 Å². The van der Waals surface area contributed by atoms with Crippen LogP contribution in [0.5, 0.6) is 0 Å². The summed E-state index contributed by atoms with van der Waals surface area (Å²) < 4.78 is 29.9. The average molecular weight is 403 g/mol. The summed E-state index contributed by atoms with van der Waals surface area (Å²) in [6.45, 7) is 5.24. The minimum atomic E-state index is -0.742. The van der Waals surface area contributed by atoms with Crippen molar-refractivity contribution in [2.24, 2.45) is 5.92 Å². The number of allylic oxidation sites excluding steroid dienone is 2. The third-order valence-electron chi connectivity index (χ3n) is 4.48.